The van der Waals surface area contributed by atoms with Crippen molar-refractivity contribution in [3.05, 3.63) is 95.7 Å². The van der Waals surface area contributed by atoms with Gasteiger partial charge in [0, 0.05) is 30.9 Å². The van der Waals surface area contributed by atoms with E-state index in [9.17, 15) is 9.18 Å². The second-order valence-electron chi connectivity index (χ2n) is 7.47. The van der Waals surface area contributed by atoms with E-state index in [1.54, 1.807) is 35.3 Å². The Bertz CT molecular complexity index is 1350. The Kier molecular flexibility index (Phi) is 6.60. The molecule has 2 heterocycles. The first-order valence-corrected chi connectivity index (χ1v) is 10.4. The largest absolute Gasteiger partial charge is 0.382 e. The number of hydrogen-bond donors (Lipinski definition) is 4. The molecule has 1 amide bonds. The molecule has 0 atom stereocenters. The predicted molar refractivity (Wildman–Crippen MR) is 127 cm³/mol. The van der Waals surface area contributed by atoms with E-state index in [2.05, 4.69) is 25.9 Å². The van der Waals surface area contributed by atoms with Crippen molar-refractivity contribution in [1.82, 2.24) is 25.4 Å². The summed E-state index contributed by atoms with van der Waals surface area (Å²) in [6, 6.07) is 17.2. The summed E-state index contributed by atoms with van der Waals surface area (Å²) in [5.74, 6) is 4.27. The number of halogens is 1. The molecule has 4 rings (SSSR count). The third-order valence-corrected chi connectivity index (χ3v) is 5.20. The molecular weight excluding hydrogens is 435 g/mol. The molecule has 9 nitrogen and oxygen atoms in total. The van der Waals surface area contributed by atoms with E-state index in [4.69, 9.17) is 11.6 Å². The number of pyridine rings is 1. The van der Waals surface area contributed by atoms with Gasteiger partial charge in [-0.15, -0.1) is 5.10 Å². The summed E-state index contributed by atoms with van der Waals surface area (Å²) < 4.78 is 16.4. The SMILES string of the molecule is Cn1cnc(-c2cc(/C(N)=N/NN)ccn2)c1-c1ccc(F)c(C(=O)NCc2ccccc2)c1. The smallest absolute Gasteiger partial charge is 0.254 e. The maximum Gasteiger partial charge on any atom is 0.254 e. The molecule has 6 N–H and O–H groups in total. The van der Waals surface area contributed by atoms with Crippen molar-refractivity contribution in [2.45, 2.75) is 6.54 Å². The number of hydrazine groups is 1. The molecule has 0 saturated heterocycles. The highest BCUT2D eigenvalue weighted by Crippen LogP contribution is 2.31. The van der Waals surface area contributed by atoms with Crippen LogP contribution in [-0.2, 0) is 13.6 Å². The van der Waals surface area contributed by atoms with Gasteiger partial charge in [0.05, 0.1) is 23.3 Å². The van der Waals surface area contributed by atoms with E-state index in [1.165, 1.54) is 12.1 Å². The Morgan fingerprint density at radius 2 is 1.91 bits per heavy atom. The third-order valence-electron chi connectivity index (χ3n) is 5.20. The van der Waals surface area contributed by atoms with E-state index in [-0.39, 0.29) is 17.9 Å². The molecule has 34 heavy (non-hydrogen) atoms. The molecule has 2 aromatic heterocycles. The Morgan fingerprint density at radius 3 is 2.68 bits per heavy atom. The molecule has 4 aromatic rings. The summed E-state index contributed by atoms with van der Waals surface area (Å²) in [5.41, 5.74) is 11.9. The zero-order valence-electron chi connectivity index (χ0n) is 18.4. The van der Waals surface area contributed by atoms with Gasteiger partial charge >= 0.3 is 0 Å². The van der Waals surface area contributed by atoms with Crippen molar-refractivity contribution in [3.63, 3.8) is 0 Å². The number of hydrogen-bond acceptors (Lipinski definition) is 6. The van der Waals surface area contributed by atoms with E-state index in [1.807, 2.05) is 37.4 Å². The summed E-state index contributed by atoms with van der Waals surface area (Å²) in [6.07, 6.45) is 3.20. The zero-order valence-corrected chi connectivity index (χ0v) is 18.4. The number of benzene rings is 2. The van der Waals surface area contributed by atoms with Crippen LogP contribution < -0.4 is 22.4 Å². The van der Waals surface area contributed by atoms with Gasteiger partial charge in [-0.3, -0.25) is 9.78 Å². The summed E-state index contributed by atoms with van der Waals surface area (Å²) in [4.78, 5) is 21.6. The molecule has 0 spiro atoms. The molecule has 0 aliphatic rings. The fraction of sp³-hybridized carbons (Fsp3) is 0.0833. The number of nitrogens with zero attached hydrogens (tertiary/aromatic N) is 4. The topological polar surface area (TPSA) is 136 Å². The number of carbonyl (C=O) groups is 1. The van der Waals surface area contributed by atoms with Gasteiger partial charge in [-0.2, -0.15) is 0 Å². The van der Waals surface area contributed by atoms with Crippen LogP contribution in [0.2, 0.25) is 0 Å². The molecule has 0 fully saturated rings. The number of rotatable bonds is 7. The normalized spacial score (nSPS) is 11.3. The highest BCUT2D eigenvalue weighted by Gasteiger charge is 2.19. The van der Waals surface area contributed by atoms with Gasteiger partial charge in [-0.25, -0.2) is 20.8 Å². The first kappa shape index (κ1) is 22.6. The maximum absolute atomic E-state index is 14.6. The average Bonchev–Trinajstić information content (AvgIpc) is 3.25. The summed E-state index contributed by atoms with van der Waals surface area (Å²) in [5, 5.41) is 6.54. The minimum atomic E-state index is -0.614. The molecular formula is C24H23FN8O. The summed E-state index contributed by atoms with van der Waals surface area (Å²) >= 11 is 0. The number of hydrazone groups is 1. The Balaban J connectivity index is 1.68. The number of aromatic nitrogens is 3. The standard InChI is InChI=1S/C24H23FN8O/c1-33-14-30-21(20-12-17(9-10-28-20)23(26)31-32-27)22(33)16-7-8-19(25)18(11-16)24(34)29-13-15-5-3-2-4-6-15/h2-12,14,32H,13,27H2,1H3,(H2,26,31)(H,29,34). The van der Waals surface area contributed by atoms with Crippen LogP contribution in [0.4, 0.5) is 4.39 Å². The van der Waals surface area contributed by atoms with Crippen LogP contribution in [0.1, 0.15) is 21.5 Å². The number of aryl methyl sites for hydroxylation is 1. The first-order valence-electron chi connectivity index (χ1n) is 10.4. The van der Waals surface area contributed by atoms with E-state index >= 15 is 0 Å². The van der Waals surface area contributed by atoms with Crippen LogP contribution in [0.3, 0.4) is 0 Å². The van der Waals surface area contributed by atoms with Crippen molar-refractivity contribution in [2.75, 3.05) is 0 Å². The van der Waals surface area contributed by atoms with Gasteiger partial charge in [-0.1, -0.05) is 30.3 Å². The number of imidazole rings is 1. The highest BCUT2D eigenvalue weighted by molar-refractivity contribution is 5.98. The van der Waals surface area contributed by atoms with Gasteiger partial charge in [0.1, 0.15) is 11.5 Å². The zero-order chi connectivity index (χ0) is 24.1. The molecule has 10 heteroatoms. The minimum absolute atomic E-state index is 0.0623. The first-order chi connectivity index (χ1) is 16.5. The fourth-order valence-electron chi connectivity index (χ4n) is 3.53. The van der Waals surface area contributed by atoms with E-state index < -0.39 is 11.7 Å². The Labute approximate surface area is 195 Å². The number of carbonyl (C=O) groups excluding carboxylic acids is 1. The second-order valence-corrected chi connectivity index (χ2v) is 7.47. The van der Waals surface area contributed by atoms with Crippen molar-refractivity contribution >= 4 is 11.7 Å². The number of amides is 1. The summed E-state index contributed by atoms with van der Waals surface area (Å²) in [7, 11) is 1.81. The monoisotopic (exact) mass is 458 g/mol. The summed E-state index contributed by atoms with van der Waals surface area (Å²) in [6.45, 7) is 0.289. The van der Waals surface area contributed by atoms with Crippen LogP contribution in [-0.4, -0.2) is 26.3 Å². The van der Waals surface area contributed by atoms with Gasteiger partial charge in [0.2, 0.25) is 0 Å². The fourth-order valence-corrected chi connectivity index (χ4v) is 3.53. The Morgan fingerprint density at radius 1 is 1.12 bits per heavy atom. The lowest BCUT2D eigenvalue weighted by Crippen LogP contribution is -2.23. The molecule has 172 valence electrons. The van der Waals surface area contributed by atoms with Crippen LogP contribution >= 0.6 is 0 Å². The lowest BCUT2D eigenvalue weighted by molar-refractivity contribution is 0.0947. The van der Waals surface area contributed by atoms with Crippen molar-refractivity contribution < 1.29 is 9.18 Å². The van der Waals surface area contributed by atoms with Gasteiger partial charge in [0.25, 0.3) is 5.91 Å². The van der Waals surface area contributed by atoms with Crippen molar-refractivity contribution in [3.8, 4) is 22.6 Å². The Hall–Kier alpha value is -4.57. The average molecular weight is 459 g/mol. The lowest BCUT2D eigenvalue weighted by atomic mass is 10.0. The number of nitrogens with two attached hydrogens (primary N) is 2. The van der Waals surface area contributed by atoms with Gasteiger partial charge in [-0.05, 0) is 35.9 Å². The predicted octanol–water partition coefficient (Wildman–Crippen LogP) is 2.30. The van der Waals surface area contributed by atoms with E-state index in [0.717, 1.165) is 5.56 Å². The van der Waals surface area contributed by atoms with Crippen LogP contribution in [0.25, 0.3) is 22.6 Å². The molecule has 0 saturated carbocycles. The van der Waals surface area contributed by atoms with Crippen LogP contribution in [0, 0.1) is 5.82 Å². The van der Waals surface area contributed by atoms with Gasteiger partial charge in [0.15, 0.2) is 5.84 Å². The van der Waals surface area contributed by atoms with Crippen molar-refractivity contribution in [2.24, 2.45) is 23.7 Å². The third kappa shape index (κ3) is 4.76. The lowest BCUT2D eigenvalue weighted by Gasteiger charge is -2.11. The quantitative estimate of drug-likeness (QED) is 0.145. The number of nitrogens with one attached hydrogen (secondary N) is 2. The van der Waals surface area contributed by atoms with Crippen LogP contribution in [0.15, 0.2) is 78.3 Å². The minimum Gasteiger partial charge on any atom is -0.382 e. The van der Waals surface area contributed by atoms with Gasteiger partial charge < -0.3 is 15.6 Å². The molecule has 0 aliphatic carbocycles. The highest BCUT2D eigenvalue weighted by atomic mass is 19.1. The second kappa shape index (κ2) is 9.92. The molecule has 0 bridgehead atoms. The maximum atomic E-state index is 14.6. The van der Waals surface area contributed by atoms with Crippen molar-refractivity contribution in [1.29, 1.82) is 0 Å². The number of amidine groups is 1. The molecule has 0 unspecified atom stereocenters. The molecule has 0 aliphatic heterocycles. The molecule has 2 aromatic carbocycles. The molecule has 0 radical (unpaired) electrons. The van der Waals surface area contributed by atoms with Crippen LogP contribution in [0.5, 0.6) is 0 Å². The van der Waals surface area contributed by atoms with E-state index in [0.29, 0.717) is 28.2 Å².